The molecule has 0 aliphatic carbocycles. The molecule has 0 saturated heterocycles. The van der Waals surface area contributed by atoms with Gasteiger partial charge in [-0.3, -0.25) is 0 Å². The highest BCUT2D eigenvalue weighted by molar-refractivity contribution is 5.64. The van der Waals surface area contributed by atoms with Crippen LogP contribution in [0.1, 0.15) is 0 Å². The minimum absolute atomic E-state index is 0.248. The predicted molar refractivity (Wildman–Crippen MR) is 43.6 cm³/mol. The summed E-state index contributed by atoms with van der Waals surface area (Å²) >= 11 is 0. The summed E-state index contributed by atoms with van der Waals surface area (Å²) in [5.74, 6) is 0.571. The number of carboxylic acid groups (broad SMARTS) is 1. The number of nitrogens with zero attached hydrogens (tertiary/aromatic N) is 2. The summed E-state index contributed by atoms with van der Waals surface area (Å²) in [5, 5.41) is 17.5. The Labute approximate surface area is 74.6 Å². The van der Waals surface area contributed by atoms with Gasteiger partial charge in [-0.2, -0.15) is 10.2 Å². The second-order valence-electron chi connectivity index (χ2n) is 2.16. The van der Waals surface area contributed by atoms with Crippen molar-refractivity contribution in [2.75, 3.05) is 13.2 Å². The molecule has 1 amide bonds. The average molecular weight is 183 g/mol. The van der Waals surface area contributed by atoms with Gasteiger partial charge in [0.05, 0.1) is 18.9 Å². The van der Waals surface area contributed by atoms with Crippen molar-refractivity contribution >= 4 is 6.09 Å². The van der Waals surface area contributed by atoms with E-state index < -0.39 is 6.09 Å². The van der Waals surface area contributed by atoms with E-state index in [0.717, 1.165) is 0 Å². The van der Waals surface area contributed by atoms with Crippen LogP contribution in [-0.2, 0) is 0 Å². The Kier molecular flexibility index (Phi) is 3.49. The van der Waals surface area contributed by atoms with Crippen LogP contribution in [0.4, 0.5) is 4.79 Å². The Morgan fingerprint density at radius 1 is 1.62 bits per heavy atom. The van der Waals surface area contributed by atoms with Crippen LogP contribution in [0.5, 0.6) is 5.75 Å². The van der Waals surface area contributed by atoms with Gasteiger partial charge in [0, 0.05) is 6.07 Å². The van der Waals surface area contributed by atoms with Crippen LogP contribution >= 0.6 is 0 Å². The number of amides is 1. The normalized spacial score (nSPS) is 9.23. The highest BCUT2D eigenvalue weighted by Crippen LogP contribution is 2.03. The van der Waals surface area contributed by atoms with Crippen LogP contribution in [0, 0.1) is 0 Å². The van der Waals surface area contributed by atoms with E-state index in [-0.39, 0.29) is 13.2 Å². The van der Waals surface area contributed by atoms with Crippen molar-refractivity contribution in [1.82, 2.24) is 15.5 Å². The van der Waals surface area contributed by atoms with E-state index in [4.69, 9.17) is 9.84 Å². The summed E-state index contributed by atoms with van der Waals surface area (Å²) in [7, 11) is 0. The van der Waals surface area contributed by atoms with Crippen molar-refractivity contribution in [2.24, 2.45) is 0 Å². The summed E-state index contributed by atoms with van der Waals surface area (Å²) in [6, 6.07) is 1.65. The van der Waals surface area contributed by atoms with Crippen molar-refractivity contribution in [3.63, 3.8) is 0 Å². The molecule has 0 bridgehead atoms. The van der Waals surface area contributed by atoms with Gasteiger partial charge < -0.3 is 15.2 Å². The smallest absolute Gasteiger partial charge is 0.404 e. The van der Waals surface area contributed by atoms with Gasteiger partial charge in [0.1, 0.15) is 12.4 Å². The largest absolute Gasteiger partial charge is 0.490 e. The molecule has 0 aromatic carbocycles. The lowest BCUT2D eigenvalue weighted by molar-refractivity contribution is 0.191. The fraction of sp³-hybridized carbons (Fsp3) is 0.286. The highest BCUT2D eigenvalue weighted by Gasteiger charge is 1.94. The molecule has 70 valence electrons. The number of hydrogen-bond acceptors (Lipinski definition) is 4. The number of ether oxygens (including phenoxy) is 1. The average Bonchev–Trinajstić information content (AvgIpc) is 2.14. The van der Waals surface area contributed by atoms with Crippen LogP contribution in [0.2, 0.25) is 0 Å². The molecule has 0 radical (unpaired) electrons. The molecule has 0 atom stereocenters. The summed E-state index contributed by atoms with van der Waals surface area (Å²) in [6.45, 7) is 0.523. The second-order valence-corrected chi connectivity index (χ2v) is 2.16. The van der Waals surface area contributed by atoms with Crippen molar-refractivity contribution in [3.05, 3.63) is 18.5 Å². The van der Waals surface area contributed by atoms with E-state index in [1.165, 1.54) is 12.4 Å². The minimum Gasteiger partial charge on any atom is -0.490 e. The summed E-state index contributed by atoms with van der Waals surface area (Å²) < 4.78 is 5.13. The van der Waals surface area contributed by atoms with Gasteiger partial charge in [0.25, 0.3) is 0 Å². The lowest BCUT2D eigenvalue weighted by Crippen LogP contribution is -2.26. The summed E-state index contributed by atoms with van der Waals surface area (Å²) in [6.07, 6.45) is 1.90. The first-order valence-electron chi connectivity index (χ1n) is 3.65. The van der Waals surface area contributed by atoms with E-state index in [1.54, 1.807) is 6.07 Å². The SMILES string of the molecule is O=C(O)NCCOc1ccnnc1. The summed E-state index contributed by atoms with van der Waals surface area (Å²) in [5.41, 5.74) is 0. The molecule has 2 N–H and O–H groups in total. The molecule has 1 aromatic heterocycles. The van der Waals surface area contributed by atoms with Crippen molar-refractivity contribution < 1.29 is 14.6 Å². The minimum atomic E-state index is -1.06. The van der Waals surface area contributed by atoms with Crippen LogP contribution in [0.25, 0.3) is 0 Å². The first-order chi connectivity index (χ1) is 6.29. The van der Waals surface area contributed by atoms with Crippen molar-refractivity contribution in [3.8, 4) is 5.75 Å². The van der Waals surface area contributed by atoms with Gasteiger partial charge in [-0.15, -0.1) is 0 Å². The van der Waals surface area contributed by atoms with Crippen LogP contribution < -0.4 is 10.1 Å². The van der Waals surface area contributed by atoms with E-state index in [0.29, 0.717) is 5.75 Å². The Morgan fingerprint density at radius 3 is 3.08 bits per heavy atom. The van der Waals surface area contributed by atoms with Crippen LogP contribution in [-0.4, -0.2) is 34.5 Å². The lowest BCUT2D eigenvalue weighted by Gasteiger charge is -2.03. The molecule has 1 aromatic rings. The maximum Gasteiger partial charge on any atom is 0.404 e. The molecule has 0 spiro atoms. The van der Waals surface area contributed by atoms with Crippen LogP contribution in [0.3, 0.4) is 0 Å². The molecule has 1 heterocycles. The third-order valence-electron chi connectivity index (χ3n) is 1.20. The first kappa shape index (κ1) is 9.24. The van der Waals surface area contributed by atoms with Crippen LogP contribution in [0.15, 0.2) is 18.5 Å². The number of carbonyl (C=O) groups is 1. The first-order valence-corrected chi connectivity index (χ1v) is 3.65. The Hall–Kier alpha value is -1.85. The maximum absolute atomic E-state index is 10.0. The standard InChI is InChI=1S/C7H9N3O3/c11-7(12)8-3-4-13-6-1-2-9-10-5-6/h1-2,5,8H,3-4H2,(H,11,12). The lowest BCUT2D eigenvalue weighted by atomic mass is 10.5. The molecule has 0 aliphatic heterocycles. The van der Waals surface area contributed by atoms with E-state index in [2.05, 4.69) is 15.5 Å². The molecule has 0 saturated carbocycles. The zero-order valence-electron chi connectivity index (χ0n) is 6.80. The van der Waals surface area contributed by atoms with E-state index in [1.807, 2.05) is 0 Å². The molecule has 6 heteroatoms. The maximum atomic E-state index is 10.0. The topological polar surface area (TPSA) is 84.3 Å². The molecule has 0 aliphatic rings. The number of rotatable bonds is 4. The van der Waals surface area contributed by atoms with Gasteiger partial charge in [-0.05, 0) is 0 Å². The van der Waals surface area contributed by atoms with E-state index in [9.17, 15) is 4.79 Å². The molecule has 0 fully saturated rings. The number of aromatic nitrogens is 2. The van der Waals surface area contributed by atoms with Gasteiger partial charge in [-0.25, -0.2) is 4.79 Å². The van der Waals surface area contributed by atoms with E-state index >= 15 is 0 Å². The third-order valence-corrected chi connectivity index (χ3v) is 1.20. The number of nitrogens with one attached hydrogen (secondary N) is 1. The van der Waals surface area contributed by atoms with Crippen molar-refractivity contribution in [1.29, 1.82) is 0 Å². The monoisotopic (exact) mass is 183 g/mol. The summed E-state index contributed by atoms with van der Waals surface area (Å²) in [4.78, 5) is 10.0. The molecular weight excluding hydrogens is 174 g/mol. The van der Waals surface area contributed by atoms with Gasteiger partial charge >= 0.3 is 6.09 Å². The molecular formula is C7H9N3O3. The second kappa shape index (κ2) is 4.91. The Bertz CT molecular complexity index is 265. The molecule has 6 nitrogen and oxygen atoms in total. The predicted octanol–water partition coefficient (Wildman–Crippen LogP) is 0.123. The fourth-order valence-electron chi connectivity index (χ4n) is 0.691. The molecule has 13 heavy (non-hydrogen) atoms. The zero-order chi connectivity index (χ0) is 9.52. The quantitative estimate of drug-likeness (QED) is 0.648. The third kappa shape index (κ3) is 3.90. The van der Waals surface area contributed by atoms with Gasteiger partial charge in [0.2, 0.25) is 0 Å². The van der Waals surface area contributed by atoms with Crippen molar-refractivity contribution in [2.45, 2.75) is 0 Å². The fourth-order valence-corrected chi connectivity index (χ4v) is 0.691. The highest BCUT2D eigenvalue weighted by atomic mass is 16.5. The zero-order valence-corrected chi connectivity index (χ0v) is 6.80. The number of hydrogen-bond donors (Lipinski definition) is 2. The van der Waals surface area contributed by atoms with Gasteiger partial charge in [-0.1, -0.05) is 0 Å². The Morgan fingerprint density at radius 2 is 2.46 bits per heavy atom. The molecule has 0 unspecified atom stereocenters. The van der Waals surface area contributed by atoms with Gasteiger partial charge in [0.15, 0.2) is 0 Å². The Balaban J connectivity index is 2.17. The molecule has 1 rings (SSSR count).